The van der Waals surface area contributed by atoms with Crippen molar-refractivity contribution in [1.82, 2.24) is 56.4 Å². The normalized spacial score (nSPS) is 18.9. The van der Waals surface area contributed by atoms with Gasteiger partial charge >= 0.3 is 12.2 Å². The Morgan fingerprint density at radius 1 is 0.436 bits per heavy atom. The van der Waals surface area contributed by atoms with Crippen molar-refractivity contribution >= 4 is 118 Å². The largest absolute Gasteiger partial charge is 0.493 e. The van der Waals surface area contributed by atoms with Crippen LogP contribution in [0, 0.1) is 25.7 Å². The highest BCUT2D eigenvalue weighted by atomic mass is 16.6. The number of nitrogens with one attached hydrogen (secondary N) is 6. The number of amides is 14. The van der Waals surface area contributed by atoms with E-state index in [1.165, 1.54) is 48.3 Å². The summed E-state index contributed by atoms with van der Waals surface area (Å²) in [6.45, 7) is 22.8. The molecule has 10 N–H and O–H groups in total. The fourth-order valence-electron chi connectivity index (χ4n) is 18.6. The number of hydrogen-bond acceptors (Lipinski definition) is 28. The molecule has 9 aliphatic rings. The number of unbranched alkanes of at least 4 members (excludes halogenated alkanes) is 4. The van der Waals surface area contributed by atoms with Crippen LogP contribution in [0.3, 0.4) is 0 Å². The van der Waals surface area contributed by atoms with Crippen LogP contribution in [0.2, 0.25) is 0 Å². The standard InChI is InChI=1S/C59H69N9O14.C50H61N7O10/c1-33(2)53(55(74)63-50(70)29-62-49(69)17-18-65-51(71)15-16-52(65)72)64-54(73)37(6)60-27-38-11-13-39(14-12-38)32-82-59(78)68-44-26-48(47(79-7)24-42(44)57(76)67-31-35(4)22-45(67)58(68)77)81-20-10-8-9-19-80-46-25-43-41(23-36(46)5)56(75)66-30-34(3)21-40(66)28-61-43;1-28(2)44(45(51)58)54-46(59)32(6)52-23-33-11-13-34(14-12-33)27-67-50(63)57-39-22-43(42(64-7)20-37(39)48(61)56-26-30(4)18-40(56)49(57)62)66-16-10-8-9-15-65-41-21-38-36(19-31(41)5)47(60)55-25-29(3)17-35(55)24-53-38/h11-16,23-26,28,30-31,33,37,40,45,53,58,60,77H,8-10,17-22,27,29,32H2,1-7H3,(H,62,69)(H,64,73)(H,63,70,74);11-14,19-22,24-26,28,32,35,40,44,49,52,62H,8-10,15-18,23,27H2,1-7H3,(H2,51,58)(H,54,59)/t37-,40-,45-,53-,58-;32-,35-,40-,44-,49-/m00/s1. The monoisotopic (exact) mass is 2050 g/mol. The lowest BCUT2D eigenvalue weighted by atomic mass is 10.0. The number of anilines is 2. The summed E-state index contributed by atoms with van der Waals surface area (Å²) in [6.07, 6.45) is 14.4. The highest BCUT2D eigenvalue weighted by molar-refractivity contribution is 6.13. The lowest BCUT2D eigenvalue weighted by molar-refractivity contribution is -0.138. The number of aliphatic hydroxyl groups excluding tert-OH is 2. The molecule has 6 aromatic carbocycles. The second-order valence-corrected chi connectivity index (χ2v) is 39.2. The number of imide groups is 2. The van der Waals surface area contributed by atoms with Gasteiger partial charge < -0.3 is 100 Å². The van der Waals surface area contributed by atoms with Crippen LogP contribution >= 0.6 is 0 Å². The molecule has 0 aromatic heterocycles. The van der Waals surface area contributed by atoms with E-state index in [9.17, 15) is 77.3 Å². The van der Waals surface area contributed by atoms with Crippen molar-refractivity contribution in [1.29, 1.82) is 0 Å². The molecule has 0 saturated carbocycles. The lowest BCUT2D eigenvalue weighted by Gasteiger charge is -2.31. The molecule has 0 fully saturated rings. The summed E-state index contributed by atoms with van der Waals surface area (Å²) in [5.41, 5.74) is 16.7. The van der Waals surface area contributed by atoms with Crippen LogP contribution in [0.15, 0.2) is 166 Å². The van der Waals surface area contributed by atoms with Crippen molar-refractivity contribution in [2.45, 2.75) is 241 Å². The van der Waals surface area contributed by atoms with Crippen LogP contribution in [-0.4, -0.2) is 245 Å². The van der Waals surface area contributed by atoms with Crippen LogP contribution in [0.1, 0.15) is 215 Å². The zero-order chi connectivity index (χ0) is 107. The van der Waals surface area contributed by atoms with Gasteiger partial charge in [-0.05, 0) is 189 Å². The number of fused-ring (bicyclic) bond motifs is 8. The molecular weight excluding hydrogens is 1920 g/mol. The van der Waals surface area contributed by atoms with Crippen molar-refractivity contribution in [3.05, 3.63) is 212 Å². The first kappa shape index (κ1) is 109. The Bertz CT molecular complexity index is 6370. The molecule has 0 spiro atoms. The molecule has 14 amide bonds. The fraction of sp³-hybridized carbons (Fsp3) is 0.431. The molecule has 149 heavy (non-hydrogen) atoms. The van der Waals surface area contributed by atoms with Gasteiger partial charge in [-0.25, -0.2) is 19.4 Å². The summed E-state index contributed by atoms with van der Waals surface area (Å²) in [7, 11) is 2.92. The SMILES string of the molecule is COc1cc2c(cc1OCCCCCOc1cc3c(cc1C)C(=O)N1C=C(C)C[C@H]1C=N3)N(C(=O)OCc1ccc(CN[C@@H](C)C(=O)N[C@H](C(=O)NC(=O)CNC(=O)CCN3C(=O)C=CC3=O)C(C)C)cc1)[C@@H](O)[C@@H]1CC(C)=CN1C2=O.COc1cc2c(cc1OCCCCCOc1cc3c(cc1C)C(=O)N1C=C(C)C[C@H]1C=N3)N(C(=O)OCc1ccc(CN[C@@H](C)C(=O)N[C@H](C(N)=O)C(C)C)cc1)[C@@H](O)[C@@H]1CC(C)=CN1C2=O. The van der Waals surface area contributed by atoms with E-state index >= 15 is 0 Å². The number of aliphatic imine (C=N–C) groups is 2. The van der Waals surface area contributed by atoms with Gasteiger partial charge in [-0.1, -0.05) is 98.5 Å². The van der Waals surface area contributed by atoms with E-state index in [0.717, 1.165) is 104 Å². The van der Waals surface area contributed by atoms with Crippen molar-refractivity contribution in [3.8, 4) is 34.5 Å². The molecule has 40 nitrogen and oxygen atoms in total. The summed E-state index contributed by atoms with van der Waals surface area (Å²) in [5, 5.41) is 39.9. The Hall–Kier alpha value is -15.4. The lowest BCUT2D eigenvalue weighted by Crippen LogP contribution is -2.55. The third-order valence-electron chi connectivity index (χ3n) is 27.0. The van der Waals surface area contributed by atoms with E-state index in [-0.39, 0.29) is 121 Å². The minimum Gasteiger partial charge on any atom is -0.493 e. The molecule has 0 radical (unpaired) electrons. The van der Waals surface area contributed by atoms with Gasteiger partial charge in [-0.2, -0.15) is 0 Å². The molecule has 15 rings (SSSR count). The minimum absolute atomic E-state index is 0.0660. The van der Waals surface area contributed by atoms with Gasteiger partial charge in [-0.15, -0.1) is 0 Å². The van der Waals surface area contributed by atoms with E-state index in [1.54, 1.807) is 100 Å². The zero-order valence-corrected chi connectivity index (χ0v) is 86.1. The average molecular weight is 2050 g/mol. The Balaban J connectivity index is 0.000000240. The highest BCUT2D eigenvalue weighted by Crippen LogP contribution is 2.46. The van der Waals surface area contributed by atoms with E-state index in [1.807, 2.05) is 103 Å². The van der Waals surface area contributed by atoms with Gasteiger partial charge in [0, 0.05) is 99.7 Å². The molecule has 0 unspecified atom stereocenters. The topological polar surface area (TPSA) is 499 Å². The average Bonchev–Trinajstić information content (AvgIpc) is 1.60. The minimum atomic E-state index is -1.50. The van der Waals surface area contributed by atoms with Crippen molar-refractivity contribution in [2.24, 2.45) is 27.6 Å². The number of aliphatic hydroxyl groups is 2. The van der Waals surface area contributed by atoms with Crippen LogP contribution in [-0.2, 0) is 74.1 Å². The van der Waals surface area contributed by atoms with Gasteiger partial charge in [0.1, 0.15) is 36.8 Å². The number of ether oxygens (including phenoxy) is 8. The van der Waals surface area contributed by atoms with Gasteiger partial charge in [0.05, 0.1) is 128 Å². The number of carbonyl (C=O) groups is 14. The van der Waals surface area contributed by atoms with Crippen LogP contribution < -0.4 is 75.9 Å². The van der Waals surface area contributed by atoms with Gasteiger partial charge in [0.2, 0.25) is 35.4 Å². The number of methoxy groups -OCH3 is 2. The molecule has 40 heteroatoms. The van der Waals surface area contributed by atoms with Gasteiger partial charge in [0.25, 0.3) is 35.4 Å². The van der Waals surface area contributed by atoms with Crippen molar-refractivity contribution in [2.75, 3.05) is 63.5 Å². The Morgan fingerprint density at radius 2 is 0.812 bits per heavy atom. The van der Waals surface area contributed by atoms with Gasteiger partial charge in [0.15, 0.2) is 35.5 Å². The predicted molar refractivity (Wildman–Crippen MR) is 550 cm³/mol. The zero-order valence-electron chi connectivity index (χ0n) is 86.1. The number of rotatable bonds is 41. The maximum Gasteiger partial charge on any atom is 0.416 e. The number of hydrogen-bond donors (Lipinski definition) is 9. The molecule has 10 atom stereocenters. The molecule has 790 valence electrons. The van der Waals surface area contributed by atoms with Gasteiger partial charge in [-0.3, -0.25) is 77.7 Å². The van der Waals surface area contributed by atoms with E-state index in [0.29, 0.717) is 104 Å². The number of nitrogens with zero attached hydrogens (tertiary/aromatic N) is 9. The van der Waals surface area contributed by atoms with Crippen molar-refractivity contribution in [3.63, 3.8) is 0 Å². The smallest absolute Gasteiger partial charge is 0.416 e. The first-order chi connectivity index (χ1) is 71.2. The first-order valence-electron chi connectivity index (χ1n) is 50.0. The fourth-order valence-corrected chi connectivity index (χ4v) is 18.6. The Labute approximate surface area is 863 Å². The number of aryl methyl sites for hydroxylation is 2. The second-order valence-electron chi connectivity index (χ2n) is 39.2. The predicted octanol–water partition coefficient (Wildman–Crippen LogP) is 10.9. The third kappa shape index (κ3) is 26.2. The quantitative estimate of drug-likeness (QED) is 0.0127. The Morgan fingerprint density at radius 3 is 1.21 bits per heavy atom. The number of primary amides is 1. The number of nitrogens with two attached hydrogens (primary N) is 1. The third-order valence-corrected chi connectivity index (χ3v) is 27.0. The summed E-state index contributed by atoms with van der Waals surface area (Å²) in [5.74, 6) is -3.90. The van der Waals surface area contributed by atoms with E-state index < -0.39 is 127 Å². The highest BCUT2D eigenvalue weighted by Gasteiger charge is 2.48. The van der Waals surface area contributed by atoms with Crippen LogP contribution in [0.4, 0.5) is 32.3 Å². The summed E-state index contributed by atoms with van der Waals surface area (Å²) in [4.78, 5) is 201. The van der Waals surface area contributed by atoms with Crippen LogP contribution in [0.25, 0.3) is 0 Å². The van der Waals surface area contributed by atoms with E-state index in [4.69, 9.17) is 43.6 Å². The molecule has 0 saturated heterocycles. The van der Waals surface area contributed by atoms with Crippen molar-refractivity contribution < 1.29 is 115 Å². The summed E-state index contributed by atoms with van der Waals surface area (Å²) < 4.78 is 47.7. The molecule has 0 bridgehead atoms. The maximum atomic E-state index is 14.2. The number of benzene rings is 6. The molecule has 9 heterocycles. The van der Waals surface area contributed by atoms with Crippen LogP contribution in [0.5, 0.6) is 34.5 Å². The number of carbonyl (C=O) groups excluding carboxylic acids is 14. The van der Waals surface area contributed by atoms with E-state index in [2.05, 4.69) is 41.9 Å². The summed E-state index contributed by atoms with van der Waals surface area (Å²) >= 11 is 0. The molecular formula is C109H130N16O24. The molecule has 9 aliphatic heterocycles. The summed E-state index contributed by atoms with van der Waals surface area (Å²) in [6, 6.07) is 22.7. The first-order valence-corrected chi connectivity index (χ1v) is 50.0. The Kier molecular flexibility index (Phi) is 35.9. The second kappa shape index (κ2) is 48.9. The molecule has 0 aliphatic carbocycles. The maximum absolute atomic E-state index is 14.2. The molecule has 6 aromatic rings.